The summed E-state index contributed by atoms with van der Waals surface area (Å²) in [5.41, 5.74) is 1.77. The van der Waals surface area contributed by atoms with Crippen molar-refractivity contribution in [3.63, 3.8) is 0 Å². The number of sulfonamides is 1. The number of hydrogen-bond donors (Lipinski definition) is 1. The van der Waals surface area contributed by atoms with Gasteiger partial charge in [0.1, 0.15) is 22.7 Å². The fourth-order valence-corrected chi connectivity index (χ4v) is 5.92. The number of imide groups is 1. The van der Waals surface area contributed by atoms with Gasteiger partial charge in [0.2, 0.25) is 10.0 Å². The summed E-state index contributed by atoms with van der Waals surface area (Å²) in [7, 11) is -2.12. The third-order valence-electron chi connectivity index (χ3n) is 6.79. The molecule has 0 saturated heterocycles. The summed E-state index contributed by atoms with van der Waals surface area (Å²) < 4.78 is 34.1. The molecule has 2 heterocycles. The fourth-order valence-electron chi connectivity index (χ4n) is 4.56. The average Bonchev–Trinajstić information content (AvgIpc) is 3.03. The maximum atomic E-state index is 13.8. The van der Waals surface area contributed by atoms with Gasteiger partial charge in [-0.15, -0.1) is 0 Å². The number of carbonyl (C=O) groups is 3. The van der Waals surface area contributed by atoms with Crippen molar-refractivity contribution in [3.05, 3.63) is 120 Å². The molecule has 0 spiro atoms. The van der Waals surface area contributed by atoms with Crippen LogP contribution < -0.4 is 4.90 Å². The molecule has 0 aliphatic rings. The van der Waals surface area contributed by atoms with Crippen molar-refractivity contribution < 1.29 is 32.6 Å². The first-order valence-corrected chi connectivity index (χ1v) is 16.1. The molecule has 12 nitrogen and oxygen atoms in total. The lowest BCUT2D eigenvalue weighted by molar-refractivity contribution is -0.137. The summed E-state index contributed by atoms with van der Waals surface area (Å²) >= 11 is 0. The van der Waals surface area contributed by atoms with Crippen LogP contribution >= 0.6 is 0 Å². The molecule has 0 aliphatic heterocycles. The number of anilines is 1. The summed E-state index contributed by atoms with van der Waals surface area (Å²) in [6.45, 7) is 4.24. The number of benzene rings is 2. The normalized spacial score (nSPS) is 11.6. The van der Waals surface area contributed by atoms with Crippen molar-refractivity contribution in [1.29, 1.82) is 0 Å². The number of hydrogen-bond acceptors (Lipinski definition) is 9. The molecule has 0 fully saturated rings. The summed E-state index contributed by atoms with van der Waals surface area (Å²) in [6.07, 6.45) is 1.58. The number of pyridine rings is 2. The second kappa shape index (κ2) is 15.0. The molecule has 13 heteroatoms. The van der Waals surface area contributed by atoms with Crippen LogP contribution in [0.1, 0.15) is 48.1 Å². The van der Waals surface area contributed by atoms with E-state index < -0.39 is 40.1 Å². The van der Waals surface area contributed by atoms with E-state index in [4.69, 9.17) is 4.74 Å². The second-order valence-electron chi connectivity index (χ2n) is 11.7. The van der Waals surface area contributed by atoms with Crippen LogP contribution in [0.3, 0.4) is 0 Å². The number of amides is 2. The van der Waals surface area contributed by atoms with E-state index in [2.05, 4.69) is 14.9 Å². The summed E-state index contributed by atoms with van der Waals surface area (Å²) in [5.74, 6) is -2.42. The van der Waals surface area contributed by atoms with Crippen LogP contribution in [0.4, 0.5) is 10.5 Å². The van der Waals surface area contributed by atoms with Crippen LogP contribution in [0.2, 0.25) is 0 Å². The Morgan fingerprint density at radius 2 is 1.51 bits per heavy atom. The van der Waals surface area contributed by atoms with Gasteiger partial charge in [0.25, 0.3) is 5.91 Å². The summed E-state index contributed by atoms with van der Waals surface area (Å²) in [6, 6.07) is 24.8. The number of aromatic nitrogens is 2. The number of rotatable bonds is 12. The summed E-state index contributed by atoms with van der Waals surface area (Å²) in [4.78, 5) is 48.3. The van der Waals surface area contributed by atoms with Crippen LogP contribution in [0, 0.1) is 0 Å². The maximum Gasteiger partial charge on any atom is 0.417 e. The first-order valence-electron chi connectivity index (χ1n) is 14.7. The highest BCUT2D eigenvalue weighted by Crippen LogP contribution is 2.23. The number of aliphatic carboxylic acids is 1. The highest BCUT2D eigenvalue weighted by Gasteiger charge is 2.31. The molecule has 1 N–H and O–H groups in total. The lowest BCUT2D eigenvalue weighted by Crippen LogP contribution is -2.44. The lowest BCUT2D eigenvalue weighted by atomic mass is 10.1. The Morgan fingerprint density at radius 3 is 2.13 bits per heavy atom. The molecule has 4 aromatic rings. The number of carboxylic acids is 1. The largest absolute Gasteiger partial charge is 0.480 e. The van der Waals surface area contributed by atoms with Gasteiger partial charge in [0.05, 0.1) is 12.2 Å². The molecule has 0 saturated carbocycles. The average molecular weight is 660 g/mol. The Hall–Kier alpha value is -5.14. The minimum Gasteiger partial charge on any atom is -0.480 e. The van der Waals surface area contributed by atoms with Crippen molar-refractivity contribution in [2.75, 3.05) is 18.5 Å². The van der Waals surface area contributed by atoms with Gasteiger partial charge in [-0.2, -0.15) is 4.31 Å². The zero-order valence-corrected chi connectivity index (χ0v) is 27.4. The number of nitrogens with zero attached hydrogens (tertiary/aromatic N) is 5. The van der Waals surface area contributed by atoms with Crippen LogP contribution in [0.5, 0.6) is 0 Å². The minimum absolute atomic E-state index is 0.0241. The van der Waals surface area contributed by atoms with Gasteiger partial charge < -0.3 is 14.7 Å². The van der Waals surface area contributed by atoms with E-state index in [0.717, 1.165) is 11.3 Å². The molecule has 0 unspecified atom stereocenters. The van der Waals surface area contributed by atoms with Gasteiger partial charge in [-0.05, 0) is 68.3 Å². The second-order valence-corrected chi connectivity index (χ2v) is 13.7. The predicted octanol–water partition coefficient (Wildman–Crippen LogP) is 4.97. The Kier molecular flexibility index (Phi) is 11.1. The van der Waals surface area contributed by atoms with E-state index in [1.165, 1.54) is 41.0 Å². The molecule has 2 amide bonds. The molecule has 0 aliphatic carbocycles. The fraction of sp³-hybridized carbons (Fsp3) is 0.265. The molecule has 2 aromatic carbocycles. The first kappa shape index (κ1) is 34.7. The van der Waals surface area contributed by atoms with E-state index in [9.17, 15) is 27.9 Å². The van der Waals surface area contributed by atoms with Gasteiger partial charge in [0, 0.05) is 38.2 Å². The van der Waals surface area contributed by atoms with Crippen molar-refractivity contribution in [2.45, 2.75) is 50.9 Å². The molecular weight excluding hydrogens is 622 g/mol. The van der Waals surface area contributed by atoms with E-state index in [0.29, 0.717) is 17.0 Å². The molecule has 0 bridgehead atoms. The SMILES string of the molecule is CN(Cc1ccccc1)c1ccc(CN(Cc2cccc(C(=O)N(CC(=O)O)C(=O)OC(C)(C)C)n2)S(=O)(=O)c2cccnc2)cc1. The molecular formula is C34H37N5O7S. The van der Waals surface area contributed by atoms with Crippen LogP contribution in [0.15, 0.2) is 102 Å². The lowest BCUT2D eigenvalue weighted by Gasteiger charge is -2.25. The topological polar surface area (TPSA) is 150 Å². The van der Waals surface area contributed by atoms with E-state index in [1.54, 1.807) is 26.8 Å². The van der Waals surface area contributed by atoms with Crippen LogP contribution in [-0.2, 0) is 39.2 Å². The Labute approximate surface area is 274 Å². The first-order chi connectivity index (χ1) is 22.2. The van der Waals surface area contributed by atoms with Gasteiger partial charge >= 0.3 is 12.1 Å². The van der Waals surface area contributed by atoms with Crippen molar-refractivity contribution in [3.8, 4) is 0 Å². The summed E-state index contributed by atoms with van der Waals surface area (Å²) in [5, 5.41) is 9.35. The van der Waals surface area contributed by atoms with Crippen molar-refractivity contribution >= 4 is 33.7 Å². The van der Waals surface area contributed by atoms with Crippen LogP contribution in [-0.4, -0.2) is 69.9 Å². The zero-order chi connectivity index (χ0) is 34.2. The van der Waals surface area contributed by atoms with Gasteiger partial charge in [-0.3, -0.25) is 14.6 Å². The van der Waals surface area contributed by atoms with E-state index in [-0.39, 0.29) is 29.4 Å². The highest BCUT2D eigenvalue weighted by atomic mass is 32.2. The molecule has 246 valence electrons. The predicted molar refractivity (Wildman–Crippen MR) is 175 cm³/mol. The van der Waals surface area contributed by atoms with Crippen LogP contribution in [0.25, 0.3) is 0 Å². The van der Waals surface area contributed by atoms with Gasteiger partial charge in [0.15, 0.2) is 0 Å². The molecule has 2 aromatic heterocycles. The monoisotopic (exact) mass is 659 g/mol. The van der Waals surface area contributed by atoms with Crippen molar-refractivity contribution in [2.24, 2.45) is 0 Å². The molecule has 0 radical (unpaired) electrons. The van der Waals surface area contributed by atoms with Crippen molar-refractivity contribution in [1.82, 2.24) is 19.2 Å². The number of carbonyl (C=O) groups excluding carboxylic acids is 2. The maximum absolute atomic E-state index is 13.8. The van der Waals surface area contributed by atoms with Gasteiger partial charge in [-0.1, -0.05) is 48.5 Å². The molecule has 0 atom stereocenters. The number of carboxylic acid groups (broad SMARTS) is 1. The zero-order valence-electron chi connectivity index (χ0n) is 26.6. The number of ether oxygens (including phenoxy) is 1. The molecule has 4 rings (SSSR count). The quantitative estimate of drug-likeness (QED) is 0.221. The smallest absolute Gasteiger partial charge is 0.417 e. The standard InChI is InChI=1S/C34H37N5O7S/c1-34(2,3)46-33(43)39(24-31(40)41)32(42)30-14-8-12-27(36-30)23-38(47(44,45)29-13-9-19-35-20-29)22-26-15-17-28(18-16-26)37(4)21-25-10-6-5-7-11-25/h5-20H,21-24H2,1-4H3,(H,40,41). The minimum atomic E-state index is -4.09. The third kappa shape index (κ3) is 9.67. The third-order valence-corrected chi connectivity index (χ3v) is 8.56. The molecule has 47 heavy (non-hydrogen) atoms. The Balaban J connectivity index is 1.60. The Morgan fingerprint density at radius 1 is 0.830 bits per heavy atom. The van der Waals surface area contributed by atoms with E-state index >= 15 is 0 Å². The van der Waals surface area contributed by atoms with Gasteiger partial charge in [-0.25, -0.2) is 23.1 Å². The Bertz CT molecular complexity index is 1800. The van der Waals surface area contributed by atoms with E-state index in [1.807, 2.05) is 61.6 Å². The highest BCUT2D eigenvalue weighted by molar-refractivity contribution is 7.89.